The average Bonchev–Trinajstić information content (AvgIpc) is 3.32. The van der Waals surface area contributed by atoms with E-state index in [1.54, 1.807) is 18.7 Å². The third kappa shape index (κ3) is 2.85. The molecule has 1 aliphatic heterocycles. The topological polar surface area (TPSA) is 51.3 Å². The number of benzene rings is 1. The van der Waals surface area contributed by atoms with E-state index in [4.69, 9.17) is 4.42 Å². The third-order valence-electron chi connectivity index (χ3n) is 4.54. The van der Waals surface area contributed by atoms with Crippen molar-refractivity contribution in [3.8, 4) is 0 Å². The molecular weight excluding hydrogens is 302 g/mol. The van der Waals surface area contributed by atoms with Crippen LogP contribution < -0.4 is 4.90 Å². The Morgan fingerprint density at radius 2 is 2.17 bits per heavy atom. The Balaban J connectivity index is 1.56. The minimum atomic E-state index is 0.139. The second kappa shape index (κ2) is 6.35. The van der Waals surface area contributed by atoms with Crippen LogP contribution in [0.15, 0.2) is 65.7 Å². The maximum absolute atomic E-state index is 12.8. The number of hydrogen-bond donors (Lipinski definition) is 0. The number of para-hydroxylation sites is 1. The lowest BCUT2D eigenvalue weighted by Crippen LogP contribution is -2.41. The molecule has 1 aliphatic rings. The Labute approximate surface area is 140 Å². The number of aromatic nitrogens is 2. The SMILES string of the molecule is O=C(CCc1ccoc1)N1C[C@H](n2cccn2)Cc2ccccc21. The van der Waals surface area contributed by atoms with E-state index >= 15 is 0 Å². The van der Waals surface area contributed by atoms with Crippen LogP contribution >= 0.6 is 0 Å². The molecule has 122 valence electrons. The molecule has 0 radical (unpaired) electrons. The summed E-state index contributed by atoms with van der Waals surface area (Å²) in [4.78, 5) is 14.7. The number of furan rings is 1. The van der Waals surface area contributed by atoms with Gasteiger partial charge in [-0.25, -0.2) is 0 Å². The first-order valence-electron chi connectivity index (χ1n) is 8.20. The highest BCUT2D eigenvalue weighted by Gasteiger charge is 2.29. The molecule has 24 heavy (non-hydrogen) atoms. The molecule has 0 saturated carbocycles. The molecule has 4 rings (SSSR count). The van der Waals surface area contributed by atoms with Crippen LogP contribution in [0.25, 0.3) is 0 Å². The molecule has 0 spiro atoms. The van der Waals surface area contributed by atoms with Gasteiger partial charge in [0.1, 0.15) is 0 Å². The molecule has 0 unspecified atom stereocenters. The fraction of sp³-hybridized carbons (Fsp3) is 0.263. The maximum atomic E-state index is 12.8. The number of nitrogens with zero attached hydrogens (tertiary/aromatic N) is 3. The summed E-state index contributed by atoms with van der Waals surface area (Å²) in [6.45, 7) is 0.656. The number of aryl methyl sites for hydroxylation is 1. The van der Waals surface area contributed by atoms with E-state index in [1.807, 2.05) is 46.1 Å². The van der Waals surface area contributed by atoms with Gasteiger partial charge < -0.3 is 9.32 Å². The number of fused-ring (bicyclic) bond motifs is 1. The monoisotopic (exact) mass is 321 g/mol. The van der Waals surface area contributed by atoms with Crippen LogP contribution in [0.1, 0.15) is 23.6 Å². The predicted molar refractivity (Wildman–Crippen MR) is 90.8 cm³/mol. The first kappa shape index (κ1) is 14.8. The highest BCUT2D eigenvalue weighted by atomic mass is 16.3. The standard InChI is InChI=1S/C19H19N3O2/c23-19(7-6-15-8-11-24-14-15)21-13-17(22-10-3-9-20-22)12-16-4-1-2-5-18(16)21/h1-5,8-11,14,17H,6-7,12-13H2/t17-/m1/s1. The van der Waals surface area contributed by atoms with Gasteiger partial charge in [0.2, 0.25) is 5.91 Å². The van der Waals surface area contributed by atoms with E-state index in [2.05, 4.69) is 11.2 Å². The summed E-state index contributed by atoms with van der Waals surface area (Å²) in [5, 5.41) is 4.36. The van der Waals surface area contributed by atoms with Crippen molar-refractivity contribution in [2.24, 2.45) is 0 Å². The van der Waals surface area contributed by atoms with Crippen molar-refractivity contribution in [3.05, 3.63) is 72.4 Å². The van der Waals surface area contributed by atoms with Crippen molar-refractivity contribution in [1.82, 2.24) is 9.78 Å². The van der Waals surface area contributed by atoms with Crippen molar-refractivity contribution in [3.63, 3.8) is 0 Å². The highest BCUT2D eigenvalue weighted by Crippen LogP contribution is 2.32. The fourth-order valence-corrected chi connectivity index (χ4v) is 3.31. The van der Waals surface area contributed by atoms with Crippen LogP contribution in [-0.4, -0.2) is 22.2 Å². The Kier molecular flexibility index (Phi) is 3.91. The number of carbonyl (C=O) groups is 1. The number of hydrogen-bond acceptors (Lipinski definition) is 3. The van der Waals surface area contributed by atoms with E-state index in [9.17, 15) is 4.79 Å². The zero-order chi connectivity index (χ0) is 16.4. The summed E-state index contributed by atoms with van der Waals surface area (Å²) in [6.07, 6.45) is 9.15. The molecule has 1 atom stereocenters. The van der Waals surface area contributed by atoms with Crippen LogP contribution in [0.3, 0.4) is 0 Å². The van der Waals surface area contributed by atoms with Gasteiger partial charge in [0, 0.05) is 31.0 Å². The molecule has 3 heterocycles. The minimum absolute atomic E-state index is 0.139. The zero-order valence-electron chi connectivity index (χ0n) is 13.3. The minimum Gasteiger partial charge on any atom is -0.472 e. The van der Waals surface area contributed by atoms with E-state index in [1.165, 1.54) is 5.56 Å². The molecule has 3 aromatic rings. The molecule has 0 fully saturated rings. The van der Waals surface area contributed by atoms with Crippen molar-refractivity contribution < 1.29 is 9.21 Å². The first-order valence-corrected chi connectivity index (χ1v) is 8.20. The van der Waals surface area contributed by atoms with Gasteiger partial charge in [0.05, 0.1) is 18.6 Å². The molecule has 0 bridgehead atoms. The zero-order valence-corrected chi connectivity index (χ0v) is 13.3. The van der Waals surface area contributed by atoms with Crippen molar-refractivity contribution >= 4 is 11.6 Å². The van der Waals surface area contributed by atoms with Crippen molar-refractivity contribution in [2.45, 2.75) is 25.3 Å². The third-order valence-corrected chi connectivity index (χ3v) is 4.54. The maximum Gasteiger partial charge on any atom is 0.227 e. The molecule has 0 saturated heterocycles. The molecular formula is C19H19N3O2. The van der Waals surface area contributed by atoms with Gasteiger partial charge in [-0.15, -0.1) is 0 Å². The first-order chi connectivity index (χ1) is 11.8. The summed E-state index contributed by atoms with van der Waals surface area (Å²) >= 11 is 0. The van der Waals surface area contributed by atoms with Gasteiger partial charge in [-0.2, -0.15) is 5.10 Å². The van der Waals surface area contributed by atoms with Crippen LogP contribution in [0, 0.1) is 0 Å². The van der Waals surface area contributed by atoms with Crippen LogP contribution in [0.4, 0.5) is 5.69 Å². The fourth-order valence-electron chi connectivity index (χ4n) is 3.31. The lowest BCUT2D eigenvalue weighted by atomic mass is 9.97. The lowest BCUT2D eigenvalue weighted by molar-refractivity contribution is -0.118. The summed E-state index contributed by atoms with van der Waals surface area (Å²) in [7, 11) is 0. The van der Waals surface area contributed by atoms with E-state index in [0.29, 0.717) is 19.4 Å². The van der Waals surface area contributed by atoms with Crippen molar-refractivity contribution in [2.75, 3.05) is 11.4 Å². The van der Waals surface area contributed by atoms with Crippen molar-refractivity contribution in [1.29, 1.82) is 0 Å². The van der Waals surface area contributed by atoms with Gasteiger partial charge in [0.25, 0.3) is 0 Å². The van der Waals surface area contributed by atoms with Gasteiger partial charge in [-0.05, 0) is 42.2 Å². The molecule has 5 nitrogen and oxygen atoms in total. The second-order valence-corrected chi connectivity index (χ2v) is 6.11. The average molecular weight is 321 g/mol. The summed E-state index contributed by atoms with van der Waals surface area (Å²) in [5.41, 5.74) is 3.27. The Morgan fingerprint density at radius 1 is 1.25 bits per heavy atom. The molecule has 2 aromatic heterocycles. The number of rotatable bonds is 4. The number of amides is 1. The molecule has 5 heteroatoms. The summed E-state index contributed by atoms with van der Waals surface area (Å²) in [6, 6.07) is 12.1. The Hall–Kier alpha value is -2.82. The van der Waals surface area contributed by atoms with Crippen LogP contribution in [0.2, 0.25) is 0 Å². The number of carbonyl (C=O) groups excluding carboxylic acids is 1. The summed E-state index contributed by atoms with van der Waals surface area (Å²) < 4.78 is 7.03. The smallest absolute Gasteiger partial charge is 0.227 e. The van der Waals surface area contributed by atoms with E-state index in [0.717, 1.165) is 17.7 Å². The largest absolute Gasteiger partial charge is 0.472 e. The molecule has 1 amide bonds. The van der Waals surface area contributed by atoms with Gasteiger partial charge in [-0.3, -0.25) is 9.48 Å². The number of anilines is 1. The van der Waals surface area contributed by atoms with Crippen LogP contribution in [-0.2, 0) is 17.6 Å². The molecule has 0 N–H and O–H groups in total. The second-order valence-electron chi connectivity index (χ2n) is 6.11. The lowest BCUT2D eigenvalue weighted by Gasteiger charge is -2.34. The van der Waals surface area contributed by atoms with E-state index < -0.39 is 0 Å². The van der Waals surface area contributed by atoms with Gasteiger partial charge in [0.15, 0.2) is 0 Å². The Morgan fingerprint density at radius 3 is 2.96 bits per heavy atom. The quantitative estimate of drug-likeness (QED) is 0.741. The highest BCUT2D eigenvalue weighted by molar-refractivity contribution is 5.94. The predicted octanol–water partition coefficient (Wildman–Crippen LogP) is 3.24. The molecule has 0 aliphatic carbocycles. The Bertz CT molecular complexity index is 809. The molecule has 1 aromatic carbocycles. The van der Waals surface area contributed by atoms with Crippen LogP contribution in [0.5, 0.6) is 0 Å². The summed E-state index contributed by atoms with van der Waals surface area (Å²) in [5.74, 6) is 0.139. The van der Waals surface area contributed by atoms with Gasteiger partial charge in [-0.1, -0.05) is 18.2 Å². The van der Waals surface area contributed by atoms with E-state index in [-0.39, 0.29) is 11.9 Å². The van der Waals surface area contributed by atoms with Gasteiger partial charge >= 0.3 is 0 Å². The normalized spacial score (nSPS) is 16.8.